The summed E-state index contributed by atoms with van der Waals surface area (Å²) in [4.78, 5) is 28.8. The third kappa shape index (κ3) is 3.44. The van der Waals surface area contributed by atoms with Crippen LogP contribution in [0.15, 0.2) is 0 Å². The van der Waals surface area contributed by atoms with Crippen molar-refractivity contribution >= 4 is 23.3 Å². The Morgan fingerprint density at radius 2 is 2.25 bits per heavy atom. The molecule has 0 spiro atoms. The summed E-state index contributed by atoms with van der Waals surface area (Å²) in [6.07, 6.45) is 1.62. The normalized spacial score (nSPS) is 20.4. The fraction of sp³-hybridized carbons (Fsp3) is 0.778. The monoisotopic (exact) mass is 247 g/mol. The van der Waals surface area contributed by atoms with Gasteiger partial charge < -0.3 is 10.2 Å². The van der Waals surface area contributed by atoms with Crippen molar-refractivity contribution in [2.24, 2.45) is 5.90 Å². The van der Waals surface area contributed by atoms with Gasteiger partial charge in [0.1, 0.15) is 5.37 Å². The summed E-state index contributed by atoms with van der Waals surface area (Å²) < 4.78 is 0. The molecule has 0 saturated carbocycles. The SMILES string of the molecule is CNC(=O)C(SC=O)N1CCC(ON)CC1. The summed E-state index contributed by atoms with van der Waals surface area (Å²) in [5.74, 6) is 4.96. The number of likely N-dealkylation sites (N-methyl/N-ethyl adjacent to an activating group) is 1. The minimum absolute atomic E-state index is 0.0582. The molecule has 1 atom stereocenters. The molecule has 1 amide bonds. The lowest BCUT2D eigenvalue weighted by Gasteiger charge is -2.34. The average molecular weight is 247 g/mol. The van der Waals surface area contributed by atoms with E-state index in [1.165, 1.54) is 0 Å². The number of nitrogens with one attached hydrogen (secondary N) is 1. The van der Waals surface area contributed by atoms with Crippen molar-refractivity contribution in [1.82, 2.24) is 10.2 Å². The van der Waals surface area contributed by atoms with Gasteiger partial charge in [0.15, 0.2) is 5.62 Å². The number of thioether (sulfide) groups is 1. The lowest BCUT2D eigenvalue weighted by atomic mass is 10.1. The van der Waals surface area contributed by atoms with Crippen molar-refractivity contribution in [3.05, 3.63) is 0 Å². The van der Waals surface area contributed by atoms with Crippen molar-refractivity contribution in [3.8, 4) is 0 Å². The maximum atomic E-state index is 11.6. The van der Waals surface area contributed by atoms with Gasteiger partial charge in [0, 0.05) is 20.1 Å². The van der Waals surface area contributed by atoms with Crippen molar-refractivity contribution < 1.29 is 14.4 Å². The molecule has 0 aliphatic carbocycles. The van der Waals surface area contributed by atoms with Gasteiger partial charge in [0.2, 0.25) is 5.91 Å². The maximum Gasteiger partial charge on any atom is 0.247 e. The number of nitrogens with zero attached hydrogens (tertiary/aromatic N) is 1. The molecule has 1 unspecified atom stereocenters. The van der Waals surface area contributed by atoms with E-state index < -0.39 is 5.37 Å². The number of rotatable bonds is 5. The Morgan fingerprint density at radius 1 is 1.62 bits per heavy atom. The van der Waals surface area contributed by atoms with E-state index in [1.807, 2.05) is 4.90 Å². The molecule has 1 fully saturated rings. The van der Waals surface area contributed by atoms with E-state index in [9.17, 15) is 9.59 Å². The predicted molar refractivity (Wildman–Crippen MR) is 62.1 cm³/mol. The number of hydrogen-bond donors (Lipinski definition) is 2. The number of nitrogens with two attached hydrogens (primary N) is 1. The number of amides is 1. The number of hydrogen-bond acceptors (Lipinski definition) is 6. The maximum absolute atomic E-state index is 11.6. The minimum atomic E-state index is -0.443. The topological polar surface area (TPSA) is 84.7 Å². The second-order valence-corrected chi connectivity index (χ2v) is 4.48. The minimum Gasteiger partial charge on any atom is -0.357 e. The first-order valence-electron chi connectivity index (χ1n) is 5.13. The summed E-state index contributed by atoms with van der Waals surface area (Å²) >= 11 is 0.986. The number of carbonyl (C=O) groups is 2. The fourth-order valence-corrected chi connectivity index (χ4v) is 2.47. The summed E-state index contributed by atoms with van der Waals surface area (Å²) in [5.41, 5.74) is 0.700. The molecular weight excluding hydrogens is 230 g/mol. The summed E-state index contributed by atoms with van der Waals surface area (Å²) in [5, 5.41) is 2.11. The highest BCUT2D eigenvalue weighted by molar-refractivity contribution is 8.12. The van der Waals surface area contributed by atoms with Crippen LogP contribution in [0.5, 0.6) is 0 Å². The summed E-state index contributed by atoms with van der Waals surface area (Å²) in [7, 11) is 1.57. The Kier molecular flexibility index (Phi) is 5.75. The zero-order chi connectivity index (χ0) is 12.0. The molecule has 0 aromatic rings. The lowest BCUT2D eigenvalue weighted by molar-refractivity contribution is -0.123. The van der Waals surface area contributed by atoms with Crippen LogP contribution in [0.2, 0.25) is 0 Å². The van der Waals surface area contributed by atoms with E-state index in [2.05, 4.69) is 5.32 Å². The van der Waals surface area contributed by atoms with Crippen LogP contribution in [0.1, 0.15) is 12.8 Å². The molecule has 0 aromatic heterocycles. The molecule has 0 radical (unpaired) electrons. The van der Waals surface area contributed by atoms with E-state index in [0.717, 1.165) is 24.6 Å². The molecular formula is C9H17N3O3S. The molecule has 0 bridgehead atoms. The van der Waals surface area contributed by atoms with Crippen molar-refractivity contribution in [3.63, 3.8) is 0 Å². The van der Waals surface area contributed by atoms with Crippen LogP contribution in [0.25, 0.3) is 0 Å². The number of likely N-dealkylation sites (tertiary alicyclic amines) is 1. The molecule has 1 aliphatic heterocycles. The quantitative estimate of drug-likeness (QED) is 0.495. The van der Waals surface area contributed by atoms with Gasteiger partial charge >= 0.3 is 0 Å². The first-order chi connectivity index (χ1) is 7.72. The Bertz CT molecular complexity index is 244. The zero-order valence-corrected chi connectivity index (χ0v) is 10.0. The van der Waals surface area contributed by atoms with E-state index >= 15 is 0 Å². The molecule has 7 heteroatoms. The van der Waals surface area contributed by atoms with Crippen LogP contribution >= 0.6 is 11.8 Å². The van der Waals surface area contributed by atoms with Gasteiger partial charge in [-0.2, -0.15) is 0 Å². The Labute approximate surface area is 98.8 Å². The zero-order valence-electron chi connectivity index (χ0n) is 9.22. The second-order valence-electron chi connectivity index (χ2n) is 3.57. The molecule has 1 saturated heterocycles. The van der Waals surface area contributed by atoms with Gasteiger partial charge in [-0.3, -0.25) is 14.5 Å². The highest BCUT2D eigenvalue weighted by Gasteiger charge is 2.29. The molecule has 1 heterocycles. The van der Waals surface area contributed by atoms with E-state index in [-0.39, 0.29) is 12.0 Å². The molecule has 1 rings (SSSR count). The molecule has 92 valence electrons. The van der Waals surface area contributed by atoms with Gasteiger partial charge in [0.05, 0.1) is 6.10 Å². The second kappa shape index (κ2) is 6.85. The Hall–Kier alpha value is -0.630. The molecule has 3 N–H and O–H groups in total. The predicted octanol–water partition coefficient (Wildman–Crippen LogP) is -0.663. The van der Waals surface area contributed by atoms with Crippen LogP contribution in [0.3, 0.4) is 0 Å². The molecule has 0 aromatic carbocycles. The summed E-state index contributed by atoms with van der Waals surface area (Å²) in [6.45, 7) is 1.42. The molecule has 1 aliphatic rings. The first-order valence-corrected chi connectivity index (χ1v) is 6.07. The van der Waals surface area contributed by atoms with Gasteiger partial charge in [0.25, 0.3) is 0 Å². The van der Waals surface area contributed by atoms with Crippen LogP contribution in [-0.4, -0.2) is 48.0 Å². The van der Waals surface area contributed by atoms with Crippen molar-refractivity contribution in [1.29, 1.82) is 0 Å². The highest BCUT2D eigenvalue weighted by atomic mass is 32.2. The highest BCUT2D eigenvalue weighted by Crippen LogP contribution is 2.20. The van der Waals surface area contributed by atoms with Gasteiger partial charge in [-0.05, 0) is 12.8 Å². The van der Waals surface area contributed by atoms with Gasteiger partial charge in [-0.25, -0.2) is 5.90 Å². The Morgan fingerprint density at radius 3 is 2.69 bits per heavy atom. The number of piperidine rings is 1. The average Bonchev–Trinajstić information content (AvgIpc) is 2.35. The van der Waals surface area contributed by atoms with E-state index in [0.29, 0.717) is 18.7 Å². The Balaban J connectivity index is 2.52. The summed E-state index contributed by atoms with van der Waals surface area (Å²) in [6, 6.07) is 0. The van der Waals surface area contributed by atoms with E-state index in [4.69, 9.17) is 10.7 Å². The number of carbonyl (C=O) groups excluding carboxylic acids is 2. The van der Waals surface area contributed by atoms with Crippen LogP contribution < -0.4 is 11.2 Å². The van der Waals surface area contributed by atoms with Crippen LogP contribution in [-0.2, 0) is 14.4 Å². The fourth-order valence-electron chi connectivity index (χ4n) is 1.74. The van der Waals surface area contributed by atoms with Gasteiger partial charge in [-0.1, -0.05) is 11.8 Å². The van der Waals surface area contributed by atoms with Crippen LogP contribution in [0.4, 0.5) is 0 Å². The first kappa shape index (κ1) is 13.4. The third-order valence-electron chi connectivity index (χ3n) is 2.66. The van der Waals surface area contributed by atoms with E-state index in [1.54, 1.807) is 7.05 Å². The smallest absolute Gasteiger partial charge is 0.247 e. The standard InChI is InChI=1S/C9H17N3O3S/c1-11-8(14)9(16-6-13)12-4-2-7(15-10)3-5-12/h6-7,9H,2-5,10H2,1H3,(H,11,14). The lowest BCUT2D eigenvalue weighted by Crippen LogP contribution is -2.48. The van der Waals surface area contributed by atoms with Crippen LogP contribution in [0, 0.1) is 0 Å². The molecule has 6 nitrogen and oxygen atoms in total. The largest absolute Gasteiger partial charge is 0.357 e. The third-order valence-corrected chi connectivity index (χ3v) is 3.54. The van der Waals surface area contributed by atoms with Gasteiger partial charge in [-0.15, -0.1) is 0 Å². The van der Waals surface area contributed by atoms with Crippen molar-refractivity contribution in [2.75, 3.05) is 20.1 Å². The van der Waals surface area contributed by atoms with Crippen molar-refractivity contribution in [2.45, 2.75) is 24.3 Å². The molecule has 16 heavy (non-hydrogen) atoms.